The van der Waals surface area contributed by atoms with Crippen molar-refractivity contribution in [2.24, 2.45) is 17.6 Å². The zero-order chi connectivity index (χ0) is 11.4. The predicted molar refractivity (Wildman–Crippen MR) is 61.6 cm³/mol. The Kier molecular flexibility index (Phi) is 1.96. The highest BCUT2D eigenvalue weighted by Gasteiger charge is 2.66. The highest BCUT2D eigenvalue weighted by molar-refractivity contribution is 9.10. The van der Waals surface area contributed by atoms with E-state index in [-0.39, 0.29) is 29.7 Å². The largest absolute Gasteiger partial charge is 0.326 e. The highest BCUT2D eigenvalue weighted by Crippen LogP contribution is 2.48. The van der Waals surface area contributed by atoms with Gasteiger partial charge in [-0.3, -0.25) is 9.59 Å². The molecule has 16 heavy (non-hydrogen) atoms. The molecule has 5 heteroatoms. The van der Waals surface area contributed by atoms with Crippen molar-refractivity contribution in [2.75, 3.05) is 4.90 Å². The molecule has 2 N–H and O–H groups in total. The van der Waals surface area contributed by atoms with Crippen LogP contribution in [0.1, 0.15) is 0 Å². The number of carbonyl (C=O) groups is 2. The van der Waals surface area contributed by atoms with Gasteiger partial charge >= 0.3 is 0 Å². The Morgan fingerprint density at radius 2 is 1.69 bits per heavy atom. The average molecular weight is 281 g/mol. The van der Waals surface area contributed by atoms with E-state index in [1.807, 2.05) is 6.07 Å². The number of para-hydroxylation sites is 1. The van der Waals surface area contributed by atoms with Gasteiger partial charge in [0.15, 0.2) is 0 Å². The lowest BCUT2D eigenvalue weighted by Crippen LogP contribution is -2.37. The van der Waals surface area contributed by atoms with Crippen LogP contribution in [-0.4, -0.2) is 17.9 Å². The minimum atomic E-state index is -0.292. The van der Waals surface area contributed by atoms with Gasteiger partial charge in [0.05, 0.1) is 17.5 Å². The van der Waals surface area contributed by atoms with Crippen LogP contribution in [-0.2, 0) is 9.59 Å². The van der Waals surface area contributed by atoms with E-state index in [0.717, 1.165) is 4.47 Å². The molecule has 2 aliphatic rings. The first-order valence-electron chi connectivity index (χ1n) is 5.01. The lowest BCUT2D eigenvalue weighted by Gasteiger charge is -2.18. The Morgan fingerprint density at radius 3 is 2.25 bits per heavy atom. The standard InChI is InChI=1S/C11H9BrN2O2/c12-5-3-1-2-4-6(5)14-10(15)7-8(9(7)13)11(14)16/h1-4,7-9H,13H2. The van der Waals surface area contributed by atoms with E-state index in [0.29, 0.717) is 5.69 Å². The molecule has 1 saturated carbocycles. The van der Waals surface area contributed by atoms with E-state index in [4.69, 9.17) is 5.73 Å². The molecule has 2 atom stereocenters. The first kappa shape index (κ1) is 9.99. The minimum absolute atomic E-state index is 0.172. The molecule has 1 aliphatic heterocycles. The van der Waals surface area contributed by atoms with Crippen molar-refractivity contribution in [3.63, 3.8) is 0 Å². The Balaban J connectivity index is 2.02. The molecule has 0 bridgehead atoms. The van der Waals surface area contributed by atoms with Gasteiger partial charge in [-0.2, -0.15) is 0 Å². The van der Waals surface area contributed by atoms with Crippen LogP contribution < -0.4 is 10.6 Å². The molecular formula is C11H9BrN2O2. The summed E-state index contributed by atoms with van der Waals surface area (Å²) in [6.45, 7) is 0. The summed E-state index contributed by atoms with van der Waals surface area (Å²) in [5.41, 5.74) is 6.26. The Bertz CT molecular complexity index is 481. The molecule has 2 amide bonds. The zero-order valence-corrected chi connectivity index (χ0v) is 9.85. The molecule has 3 rings (SSSR count). The molecule has 0 spiro atoms. The van der Waals surface area contributed by atoms with Crippen LogP contribution in [0.5, 0.6) is 0 Å². The van der Waals surface area contributed by atoms with E-state index in [2.05, 4.69) is 15.9 Å². The lowest BCUT2D eigenvalue weighted by atomic mass is 10.2. The molecule has 1 aromatic carbocycles. The highest BCUT2D eigenvalue weighted by atomic mass is 79.9. The molecule has 1 aliphatic carbocycles. The summed E-state index contributed by atoms with van der Waals surface area (Å²) in [6.07, 6.45) is 0. The fourth-order valence-electron chi connectivity index (χ4n) is 2.25. The minimum Gasteiger partial charge on any atom is -0.326 e. The first-order valence-corrected chi connectivity index (χ1v) is 5.80. The van der Waals surface area contributed by atoms with Crippen LogP contribution in [0.4, 0.5) is 5.69 Å². The topological polar surface area (TPSA) is 63.4 Å². The van der Waals surface area contributed by atoms with E-state index < -0.39 is 0 Å². The van der Waals surface area contributed by atoms with Crippen molar-refractivity contribution in [3.05, 3.63) is 28.7 Å². The maximum Gasteiger partial charge on any atom is 0.239 e. The van der Waals surface area contributed by atoms with Gasteiger partial charge in [-0.05, 0) is 28.1 Å². The summed E-state index contributed by atoms with van der Waals surface area (Å²) in [4.78, 5) is 25.1. The Morgan fingerprint density at radius 1 is 1.12 bits per heavy atom. The lowest BCUT2D eigenvalue weighted by molar-refractivity contribution is -0.123. The number of hydrogen-bond donors (Lipinski definition) is 1. The SMILES string of the molecule is NC1C2C(=O)N(c3ccccc3Br)C(=O)C12. The van der Waals surface area contributed by atoms with Crippen molar-refractivity contribution >= 4 is 33.4 Å². The summed E-state index contributed by atoms with van der Waals surface area (Å²) < 4.78 is 0.742. The summed E-state index contributed by atoms with van der Waals surface area (Å²) in [6, 6.07) is 6.92. The molecule has 2 fully saturated rings. The second-order valence-corrected chi connectivity index (χ2v) is 4.95. The number of nitrogens with two attached hydrogens (primary N) is 1. The quantitative estimate of drug-likeness (QED) is 0.778. The maximum absolute atomic E-state index is 11.9. The van der Waals surface area contributed by atoms with Gasteiger partial charge < -0.3 is 5.73 Å². The van der Waals surface area contributed by atoms with Crippen molar-refractivity contribution in [1.29, 1.82) is 0 Å². The summed E-state index contributed by atoms with van der Waals surface area (Å²) >= 11 is 3.33. The molecule has 82 valence electrons. The average Bonchev–Trinajstić information content (AvgIpc) is 2.84. The monoisotopic (exact) mass is 280 g/mol. The van der Waals surface area contributed by atoms with Crippen molar-refractivity contribution in [3.8, 4) is 0 Å². The van der Waals surface area contributed by atoms with Gasteiger partial charge in [-0.25, -0.2) is 4.90 Å². The van der Waals surface area contributed by atoms with Crippen molar-refractivity contribution < 1.29 is 9.59 Å². The van der Waals surface area contributed by atoms with E-state index >= 15 is 0 Å². The van der Waals surface area contributed by atoms with Gasteiger partial charge in [0.25, 0.3) is 0 Å². The van der Waals surface area contributed by atoms with Crippen LogP contribution in [0.3, 0.4) is 0 Å². The number of carbonyl (C=O) groups excluding carboxylic acids is 2. The fraction of sp³-hybridized carbons (Fsp3) is 0.273. The number of rotatable bonds is 1. The number of piperidine rings is 1. The van der Waals surface area contributed by atoms with Gasteiger partial charge in [0.1, 0.15) is 0 Å². The molecular weight excluding hydrogens is 272 g/mol. The number of benzene rings is 1. The molecule has 1 aromatic rings. The number of halogens is 1. The second kappa shape index (κ2) is 3.15. The normalized spacial score (nSPS) is 31.9. The Hall–Kier alpha value is -1.20. The van der Waals surface area contributed by atoms with E-state index in [1.165, 1.54) is 4.90 Å². The number of anilines is 1. The van der Waals surface area contributed by atoms with Crippen molar-refractivity contribution in [2.45, 2.75) is 6.04 Å². The number of amides is 2. The molecule has 0 aromatic heterocycles. The van der Waals surface area contributed by atoms with Gasteiger partial charge in [0.2, 0.25) is 11.8 Å². The van der Waals surface area contributed by atoms with Gasteiger partial charge in [0, 0.05) is 10.5 Å². The molecule has 1 heterocycles. The number of fused-ring (bicyclic) bond motifs is 1. The molecule has 0 radical (unpaired) electrons. The number of hydrogen-bond acceptors (Lipinski definition) is 3. The number of imide groups is 1. The molecule has 4 nitrogen and oxygen atoms in total. The van der Waals surface area contributed by atoms with Crippen molar-refractivity contribution in [1.82, 2.24) is 0 Å². The van der Waals surface area contributed by atoms with Crippen LogP contribution in [0.2, 0.25) is 0 Å². The smallest absolute Gasteiger partial charge is 0.239 e. The first-order chi connectivity index (χ1) is 7.63. The molecule has 2 unspecified atom stereocenters. The molecule has 1 saturated heterocycles. The Labute approximate surface area is 101 Å². The van der Waals surface area contributed by atoms with Crippen LogP contribution in [0.15, 0.2) is 28.7 Å². The number of nitrogens with zero attached hydrogens (tertiary/aromatic N) is 1. The zero-order valence-electron chi connectivity index (χ0n) is 8.26. The van der Waals surface area contributed by atoms with E-state index in [9.17, 15) is 9.59 Å². The van der Waals surface area contributed by atoms with Gasteiger partial charge in [-0.1, -0.05) is 12.1 Å². The summed E-state index contributed by atoms with van der Waals surface area (Å²) in [5, 5.41) is 0. The van der Waals surface area contributed by atoms with Crippen LogP contribution in [0.25, 0.3) is 0 Å². The maximum atomic E-state index is 11.9. The van der Waals surface area contributed by atoms with E-state index in [1.54, 1.807) is 18.2 Å². The van der Waals surface area contributed by atoms with Crippen LogP contribution in [0, 0.1) is 11.8 Å². The third-order valence-electron chi connectivity index (χ3n) is 3.18. The van der Waals surface area contributed by atoms with Gasteiger partial charge in [-0.15, -0.1) is 0 Å². The van der Waals surface area contributed by atoms with Crippen LogP contribution >= 0.6 is 15.9 Å². The summed E-state index contributed by atoms with van der Waals surface area (Å²) in [7, 11) is 0. The second-order valence-electron chi connectivity index (χ2n) is 4.09. The fourth-order valence-corrected chi connectivity index (χ4v) is 2.71. The predicted octanol–water partition coefficient (Wildman–Crippen LogP) is 0.896. The summed E-state index contributed by atoms with van der Waals surface area (Å²) in [5.74, 6) is -0.928. The third-order valence-corrected chi connectivity index (χ3v) is 3.85. The third kappa shape index (κ3) is 1.13.